The molecule has 0 saturated carbocycles. The van der Waals surface area contributed by atoms with Gasteiger partial charge in [-0.15, -0.1) is 0 Å². The molecule has 0 heterocycles. The Morgan fingerprint density at radius 3 is 2.22 bits per heavy atom. The summed E-state index contributed by atoms with van der Waals surface area (Å²) in [6.07, 6.45) is 2.08. The van der Waals surface area contributed by atoms with Crippen molar-refractivity contribution in [2.45, 2.75) is 50.0 Å². The van der Waals surface area contributed by atoms with Gasteiger partial charge in [-0.25, -0.2) is 13.2 Å². The number of carboxylic acids is 1. The lowest BCUT2D eigenvalue weighted by atomic mass is 10.0. The molecule has 4 rings (SSSR count). The van der Waals surface area contributed by atoms with Gasteiger partial charge in [-0.05, 0) is 48.7 Å². The normalized spacial score (nSPS) is 12.2. The molecule has 0 bridgehead atoms. The number of halogens is 2. The second kappa shape index (κ2) is 13.4. The van der Waals surface area contributed by atoms with Crippen LogP contribution < -0.4 is 9.62 Å². The maximum absolute atomic E-state index is 14.1. The Hall–Kier alpha value is -3.59. The van der Waals surface area contributed by atoms with Gasteiger partial charge in [0, 0.05) is 32.9 Å². The first-order chi connectivity index (χ1) is 19.6. The van der Waals surface area contributed by atoms with Crippen LogP contribution >= 0.6 is 23.2 Å². The third-order valence-corrected chi connectivity index (χ3v) is 8.92. The van der Waals surface area contributed by atoms with Gasteiger partial charge in [-0.1, -0.05) is 97.6 Å². The molecule has 41 heavy (non-hydrogen) atoms. The molecule has 4 aromatic carbocycles. The summed E-state index contributed by atoms with van der Waals surface area (Å²) in [7, 11) is -4.44. The van der Waals surface area contributed by atoms with Crippen LogP contribution in [0.3, 0.4) is 0 Å². The number of nitrogens with zero attached hydrogens (tertiary/aromatic N) is 1. The fourth-order valence-corrected chi connectivity index (χ4v) is 7.09. The Balaban J connectivity index is 1.80. The molecule has 0 aromatic heterocycles. The number of carboxylic acid groups (broad SMARTS) is 1. The fourth-order valence-electron chi connectivity index (χ4n) is 4.70. The molecule has 0 spiro atoms. The highest BCUT2D eigenvalue weighted by Gasteiger charge is 2.37. The van der Waals surface area contributed by atoms with Crippen LogP contribution in [0.15, 0.2) is 89.8 Å². The predicted molar refractivity (Wildman–Crippen MR) is 164 cm³/mol. The molecule has 7 nitrogen and oxygen atoms in total. The van der Waals surface area contributed by atoms with Crippen LogP contribution in [0.1, 0.15) is 38.2 Å². The lowest BCUT2D eigenvalue weighted by molar-refractivity contribution is -0.138. The zero-order valence-electron chi connectivity index (χ0n) is 22.4. The molecule has 2 N–H and O–H groups in total. The van der Waals surface area contributed by atoms with E-state index in [9.17, 15) is 23.1 Å². The van der Waals surface area contributed by atoms with Crippen molar-refractivity contribution in [1.82, 2.24) is 0 Å². The first-order valence-electron chi connectivity index (χ1n) is 13.2. The van der Waals surface area contributed by atoms with Gasteiger partial charge in [-0.3, -0.25) is 9.10 Å². The lowest BCUT2D eigenvalue weighted by Gasteiger charge is -2.31. The number of fused-ring (bicyclic) bond motifs is 1. The van der Waals surface area contributed by atoms with E-state index < -0.39 is 22.0 Å². The quantitative estimate of drug-likeness (QED) is 0.172. The van der Waals surface area contributed by atoms with E-state index in [1.54, 1.807) is 36.4 Å². The number of hydrogen-bond acceptors (Lipinski definition) is 4. The summed E-state index contributed by atoms with van der Waals surface area (Å²) in [5.74, 6) is -1.48. The summed E-state index contributed by atoms with van der Waals surface area (Å²) in [5.41, 5.74) is 1.70. The number of anilines is 2. The van der Waals surface area contributed by atoms with Crippen LogP contribution in [-0.4, -0.2) is 31.4 Å². The number of sulfonamides is 1. The zero-order valence-corrected chi connectivity index (χ0v) is 24.7. The maximum atomic E-state index is 14.1. The summed E-state index contributed by atoms with van der Waals surface area (Å²) in [6.45, 7) is 1.90. The number of amides is 1. The van der Waals surface area contributed by atoms with Crippen LogP contribution in [0, 0.1) is 0 Å². The molecule has 0 fully saturated rings. The van der Waals surface area contributed by atoms with Crippen LogP contribution in [0.4, 0.5) is 11.4 Å². The summed E-state index contributed by atoms with van der Waals surface area (Å²) in [6, 6.07) is 22.3. The van der Waals surface area contributed by atoms with E-state index in [1.165, 1.54) is 18.2 Å². The van der Waals surface area contributed by atoms with Crippen LogP contribution in [-0.2, 0) is 26.0 Å². The van der Waals surface area contributed by atoms with E-state index in [-0.39, 0.29) is 39.4 Å². The van der Waals surface area contributed by atoms with Crippen molar-refractivity contribution < 1.29 is 23.1 Å². The number of carbonyl (C=O) groups excluding carboxylic acids is 1. The number of benzene rings is 4. The number of aliphatic carboxylic acids is 1. The Bertz CT molecular complexity index is 1640. The van der Waals surface area contributed by atoms with Crippen molar-refractivity contribution in [1.29, 1.82) is 0 Å². The van der Waals surface area contributed by atoms with Gasteiger partial charge in [0.15, 0.2) is 0 Å². The fraction of sp³-hybridized carbons (Fsp3) is 0.226. The number of rotatable bonds is 12. The molecular formula is C31H30Cl2N2O5S. The number of unbranched alkanes of at least 4 members (excludes halogenated alkanes) is 1. The Morgan fingerprint density at radius 2 is 1.56 bits per heavy atom. The molecule has 214 valence electrons. The summed E-state index contributed by atoms with van der Waals surface area (Å²) in [5, 5.41) is 14.4. The van der Waals surface area contributed by atoms with E-state index in [2.05, 4.69) is 5.32 Å². The minimum Gasteiger partial charge on any atom is -0.480 e. The van der Waals surface area contributed by atoms with Gasteiger partial charge in [-0.2, -0.15) is 0 Å². The Kier molecular flexibility index (Phi) is 9.91. The van der Waals surface area contributed by atoms with Crippen molar-refractivity contribution in [3.8, 4) is 0 Å². The number of nitrogens with one attached hydrogen (secondary N) is 1. The highest BCUT2D eigenvalue weighted by Crippen LogP contribution is 2.37. The second-order valence-corrected chi connectivity index (χ2v) is 12.3. The van der Waals surface area contributed by atoms with Gasteiger partial charge in [0.05, 0.1) is 10.6 Å². The Labute approximate surface area is 249 Å². The van der Waals surface area contributed by atoms with Gasteiger partial charge in [0.25, 0.3) is 10.0 Å². The molecule has 0 aliphatic rings. The van der Waals surface area contributed by atoms with Crippen molar-refractivity contribution in [3.63, 3.8) is 0 Å². The molecule has 0 aliphatic heterocycles. The SMILES string of the molecule is CCCCC(C(=O)O)N(c1cccc2c(NC(=O)CCc3ccccc3)cccc12)S(=O)(=O)c1cc(Cl)cc(Cl)c1. The van der Waals surface area contributed by atoms with E-state index in [1.807, 2.05) is 37.3 Å². The minimum atomic E-state index is -4.44. The standard InChI is InChI=1S/C31H30Cl2N2O5S/c1-2-3-14-29(31(37)38)35(41(39,40)24-19-22(32)18-23(33)20-24)28-15-8-11-25-26(28)12-7-13-27(25)34-30(36)17-16-21-9-5-4-6-10-21/h4-13,15,18-20,29H,2-3,14,16-17H2,1H3,(H,34,36)(H,37,38). The maximum Gasteiger partial charge on any atom is 0.327 e. The average Bonchev–Trinajstić information content (AvgIpc) is 2.94. The van der Waals surface area contributed by atoms with Crippen LogP contribution in [0.25, 0.3) is 10.8 Å². The smallest absolute Gasteiger partial charge is 0.327 e. The van der Waals surface area contributed by atoms with Crippen molar-refractivity contribution in [3.05, 3.63) is 101 Å². The predicted octanol–water partition coefficient (Wildman–Crippen LogP) is 7.56. The zero-order chi connectivity index (χ0) is 29.6. The van der Waals surface area contributed by atoms with Gasteiger partial charge in [0.2, 0.25) is 5.91 Å². The number of aryl methyl sites for hydroxylation is 1. The molecule has 4 aromatic rings. The number of carbonyl (C=O) groups is 2. The van der Waals surface area contributed by atoms with Crippen LogP contribution in [0.2, 0.25) is 10.0 Å². The minimum absolute atomic E-state index is 0.0889. The monoisotopic (exact) mass is 612 g/mol. The number of hydrogen-bond donors (Lipinski definition) is 2. The topological polar surface area (TPSA) is 104 Å². The average molecular weight is 614 g/mol. The molecule has 0 aliphatic carbocycles. The van der Waals surface area contributed by atoms with Crippen molar-refractivity contribution in [2.24, 2.45) is 0 Å². The molecule has 10 heteroatoms. The lowest BCUT2D eigenvalue weighted by Crippen LogP contribution is -2.45. The van der Waals surface area contributed by atoms with E-state index in [4.69, 9.17) is 23.2 Å². The molecule has 1 unspecified atom stereocenters. The summed E-state index contributed by atoms with van der Waals surface area (Å²) in [4.78, 5) is 25.2. The van der Waals surface area contributed by atoms with Crippen LogP contribution in [0.5, 0.6) is 0 Å². The molecular weight excluding hydrogens is 583 g/mol. The van der Waals surface area contributed by atoms with Crippen molar-refractivity contribution in [2.75, 3.05) is 9.62 Å². The first-order valence-corrected chi connectivity index (χ1v) is 15.4. The summed E-state index contributed by atoms with van der Waals surface area (Å²) >= 11 is 12.3. The molecule has 0 radical (unpaired) electrons. The largest absolute Gasteiger partial charge is 0.480 e. The van der Waals surface area contributed by atoms with E-state index in [0.29, 0.717) is 35.7 Å². The van der Waals surface area contributed by atoms with Gasteiger partial charge in [0.1, 0.15) is 6.04 Å². The van der Waals surface area contributed by atoms with E-state index >= 15 is 0 Å². The van der Waals surface area contributed by atoms with Gasteiger partial charge >= 0.3 is 5.97 Å². The van der Waals surface area contributed by atoms with E-state index in [0.717, 1.165) is 9.87 Å². The highest BCUT2D eigenvalue weighted by atomic mass is 35.5. The Morgan fingerprint density at radius 1 is 0.902 bits per heavy atom. The molecule has 1 amide bonds. The third kappa shape index (κ3) is 7.19. The highest BCUT2D eigenvalue weighted by molar-refractivity contribution is 7.93. The first kappa shape index (κ1) is 30.4. The summed E-state index contributed by atoms with van der Waals surface area (Å²) < 4.78 is 29.2. The molecule has 1 atom stereocenters. The molecule has 0 saturated heterocycles. The van der Waals surface area contributed by atoms with Gasteiger partial charge < -0.3 is 10.4 Å². The second-order valence-electron chi connectivity index (χ2n) is 9.61. The van der Waals surface area contributed by atoms with Crippen molar-refractivity contribution >= 4 is 67.2 Å². The third-order valence-electron chi connectivity index (χ3n) is 6.69.